The molecule has 0 radical (unpaired) electrons. The molecular formula is C54H76O25. The van der Waals surface area contributed by atoms with Gasteiger partial charge < -0.3 is 102 Å². The van der Waals surface area contributed by atoms with Crippen LogP contribution in [0.4, 0.5) is 0 Å². The van der Waals surface area contributed by atoms with Crippen LogP contribution in [0.1, 0.15) is 109 Å². The monoisotopic (exact) mass is 1120 g/mol. The molecule has 25 nitrogen and oxygen atoms in total. The molecule has 0 aromatic heterocycles. The molecule has 0 saturated carbocycles. The van der Waals surface area contributed by atoms with Gasteiger partial charge in [-0.05, 0) is 78.0 Å². The van der Waals surface area contributed by atoms with Crippen LogP contribution in [0, 0.1) is 12.8 Å². The summed E-state index contributed by atoms with van der Waals surface area (Å²) < 4.78 is 83.6. The molecule has 5 aliphatic heterocycles. The molecule has 5 fully saturated rings. The molecule has 25 heteroatoms. The number of benzene rings is 2. The number of carbonyl (C=O) groups excluding carboxylic acids is 3. The minimum Gasteiger partial charge on any atom is -0.507 e. The second-order valence-electron chi connectivity index (χ2n) is 21.8. The van der Waals surface area contributed by atoms with Gasteiger partial charge in [0.2, 0.25) is 6.29 Å². The van der Waals surface area contributed by atoms with Gasteiger partial charge in [0.15, 0.2) is 49.3 Å². The minimum atomic E-state index is -1.63. The Labute approximate surface area is 456 Å². The second kappa shape index (κ2) is 24.6. The molecule has 5 saturated heterocycles. The SMILES string of the molecule is CO[C@H]1[C@H](O)C[C@@H](O[C@@H]2C[C@H](Oc3cc4cc5c(c(O)c4c(O)c3C)C(=O)[C@@H](O[C@H]3C[C@H](O[C@H]4C[C@H](O[C@H]6C[C@@](C)(O)[C@@H](OC(C)=O)[C@H](C)O6)[C@H](O)[C@@H](C)O4)[C@H](O)[C@@H](C)O3)[C@H]([C@H](OC)C(=O)O)C5)O[C@H](C)[C@H]2OC(C)=O)O[C@@H]1C. The van der Waals surface area contributed by atoms with Gasteiger partial charge in [0.05, 0.1) is 59.8 Å². The number of aliphatic carboxylic acids is 1. The number of aromatic hydroxyl groups is 2. The molecule has 0 spiro atoms. The smallest absolute Gasteiger partial charge is 0.333 e. The molecule has 8 rings (SSSR count). The first-order valence-electron chi connectivity index (χ1n) is 26.7. The van der Waals surface area contributed by atoms with Crippen molar-refractivity contribution in [2.24, 2.45) is 5.92 Å². The van der Waals surface area contributed by atoms with Gasteiger partial charge in [-0.2, -0.15) is 0 Å². The summed E-state index contributed by atoms with van der Waals surface area (Å²) in [6.07, 6.45) is -21.8. The number of hydrogen-bond acceptors (Lipinski definition) is 24. The number of fused-ring (bicyclic) bond motifs is 2. The van der Waals surface area contributed by atoms with Crippen molar-refractivity contribution in [3.8, 4) is 17.2 Å². The van der Waals surface area contributed by atoms with Crippen molar-refractivity contribution in [2.45, 2.75) is 236 Å². The molecule has 442 valence electrons. The fraction of sp³-hybridized carbons (Fsp3) is 0.741. The molecule has 0 bridgehead atoms. The van der Waals surface area contributed by atoms with Crippen molar-refractivity contribution in [3.05, 3.63) is 28.8 Å². The highest BCUT2D eigenvalue weighted by atomic mass is 16.7. The number of Topliss-reactive ketones (excluding diaryl/α,β-unsaturated/α-hetero) is 1. The first kappa shape index (κ1) is 60.7. The first-order valence-corrected chi connectivity index (χ1v) is 26.7. The summed E-state index contributed by atoms with van der Waals surface area (Å²) in [6.45, 7) is 13.7. The fourth-order valence-electron chi connectivity index (χ4n) is 12.0. The summed E-state index contributed by atoms with van der Waals surface area (Å²) in [5, 5.41) is 78.9. The first-order chi connectivity index (χ1) is 37.2. The van der Waals surface area contributed by atoms with E-state index in [9.17, 15) is 54.9 Å². The highest BCUT2D eigenvalue weighted by molar-refractivity contribution is 6.11. The topological polar surface area (TPSA) is 339 Å². The van der Waals surface area contributed by atoms with Gasteiger partial charge in [-0.1, -0.05) is 0 Å². The van der Waals surface area contributed by atoms with Crippen molar-refractivity contribution in [1.29, 1.82) is 0 Å². The van der Waals surface area contributed by atoms with Crippen LogP contribution in [-0.2, 0) is 82.4 Å². The number of aliphatic hydroxyl groups is 4. The third-order valence-electron chi connectivity index (χ3n) is 15.9. The van der Waals surface area contributed by atoms with Crippen LogP contribution in [0.3, 0.4) is 0 Å². The maximum atomic E-state index is 14.9. The standard InChI is InChI=1S/C54H76O25/c1-20-32(75-38-18-35(49(24(5)71-38)73-26(7)55)78-36-15-31(57)48(66-10)23(4)70-36)14-29-12-28-13-30(51(67-11)53(63)64)50(47(62)42(28)46(61)41(29)43(20)58)79-39-17-33(44(59)22(3)69-39)76-37-16-34(45(60)21(2)68-37)77-40-19-54(9,65)52(25(6)72-40)74-27(8)56/h12,14,21-25,30-31,33-40,44-45,48-52,57-61,65H,13,15-19H2,1-11H3,(H,63,64)/t21-,22-,23-,24-,25+,30-,31-,33+,34+,35-,36-,37+,38+,39+,40+,44-,45-,48-,49-,50+,51+,52+,54-/m1/s1. The van der Waals surface area contributed by atoms with Crippen LogP contribution >= 0.6 is 0 Å². The Balaban J connectivity index is 1.00. The average Bonchev–Trinajstić information content (AvgIpc) is 3.56. The molecule has 79 heavy (non-hydrogen) atoms. The van der Waals surface area contributed by atoms with Crippen molar-refractivity contribution in [3.63, 3.8) is 0 Å². The van der Waals surface area contributed by atoms with E-state index < -0.39 is 176 Å². The lowest BCUT2D eigenvalue weighted by molar-refractivity contribution is -0.334. The van der Waals surface area contributed by atoms with E-state index in [2.05, 4.69) is 0 Å². The van der Waals surface area contributed by atoms with Crippen molar-refractivity contribution >= 4 is 34.5 Å². The second-order valence-corrected chi connectivity index (χ2v) is 21.8. The summed E-state index contributed by atoms with van der Waals surface area (Å²) in [6, 6.07) is 3.05. The largest absolute Gasteiger partial charge is 0.507 e. The Morgan fingerprint density at radius 3 is 1.78 bits per heavy atom. The van der Waals surface area contributed by atoms with Gasteiger partial charge in [0, 0.05) is 71.7 Å². The Hall–Kier alpha value is -4.42. The van der Waals surface area contributed by atoms with Crippen LogP contribution in [0.15, 0.2) is 12.1 Å². The third kappa shape index (κ3) is 13.0. The van der Waals surface area contributed by atoms with Gasteiger partial charge in [-0.25, -0.2) is 4.79 Å². The number of esters is 2. The van der Waals surface area contributed by atoms with E-state index >= 15 is 0 Å². The quantitative estimate of drug-likeness (QED) is 0.119. The molecule has 2 aromatic rings. The number of hydrogen-bond donors (Lipinski definition) is 7. The maximum Gasteiger partial charge on any atom is 0.333 e. The Kier molecular flexibility index (Phi) is 18.9. The van der Waals surface area contributed by atoms with Crippen molar-refractivity contribution in [2.75, 3.05) is 14.2 Å². The van der Waals surface area contributed by atoms with Gasteiger partial charge >= 0.3 is 17.9 Å². The molecule has 0 unspecified atom stereocenters. The number of rotatable bonds is 16. The lowest BCUT2D eigenvalue weighted by Crippen LogP contribution is -2.59. The molecule has 5 heterocycles. The Morgan fingerprint density at radius 2 is 1.22 bits per heavy atom. The number of carboxylic acid groups (broad SMARTS) is 1. The molecular weight excluding hydrogens is 1050 g/mol. The number of ether oxygens (including phenoxy) is 14. The predicted octanol–water partition coefficient (Wildman–Crippen LogP) is 2.32. The molecule has 0 amide bonds. The predicted molar refractivity (Wildman–Crippen MR) is 267 cm³/mol. The fourth-order valence-corrected chi connectivity index (χ4v) is 12.0. The average molecular weight is 1130 g/mol. The van der Waals surface area contributed by atoms with Gasteiger partial charge in [-0.15, -0.1) is 0 Å². The molecule has 2 aromatic carbocycles. The summed E-state index contributed by atoms with van der Waals surface area (Å²) in [5.74, 6) is -5.61. The van der Waals surface area contributed by atoms with Crippen molar-refractivity contribution in [1.82, 2.24) is 0 Å². The third-order valence-corrected chi connectivity index (χ3v) is 15.9. The van der Waals surface area contributed by atoms with Crippen molar-refractivity contribution < 1.29 is 121 Å². The van der Waals surface area contributed by atoms with E-state index in [0.717, 1.165) is 0 Å². The number of phenolic OH excluding ortho intramolecular Hbond substituents is 2. The number of carbonyl (C=O) groups is 4. The number of methoxy groups -OCH3 is 2. The van der Waals surface area contributed by atoms with E-state index in [4.69, 9.17) is 66.3 Å². The molecule has 7 N–H and O–H groups in total. The highest BCUT2D eigenvalue weighted by Gasteiger charge is 2.52. The van der Waals surface area contributed by atoms with Crippen LogP contribution in [-0.4, -0.2) is 208 Å². The van der Waals surface area contributed by atoms with E-state index in [1.54, 1.807) is 34.6 Å². The van der Waals surface area contributed by atoms with E-state index in [1.807, 2.05) is 0 Å². The van der Waals surface area contributed by atoms with Crippen LogP contribution < -0.4 is 4.74 Å². The zero-order chi connectivity index (χ0) is 57.7. The molecule has 1 aliphatic carbocycles. The van der Waals surface area contributed by atoms with Crippen LogP contribution in [0.2, 0.25) is 0 Å². The van der Waals surface area contributed by atoms with Gasteiger partial charge in [-0.3, -0.25) is 14.4 Å². The number of ketones is 1. The lowest BCUT2D eigenvalue weighted by atomic mass is 9.76. The van der Waals surface area contributed by atoms with Crippen LogP contribution in [0.25, 0.3) is 10.8 Å². The lowest BCUT2D eigenvalue weighted by Gasteiger charge is -2.46. The summed E-state index contributed by atoms with van der Waals surface area (Å²) in [4.78, 5) is 51.6. The summed E-state index contributed by atoms with van der Waals surface area (Å²) in [5.41, 5.74) is -1.43. The Bertz CT molecular complexity index is 2510. The van der Waals surface area contributed by atoms with Gasteiger partial charge in [0.1, 0.15) is 53.4 Å². The van der Waals surface area contributed by atoms with E-state index in [-0.39, 0.29) is 71.7 Å². The minimum absolute atomic E-state index is 0.00841. The maximum absolute atomic E-state index is 14.9. The van der Waals surface area contributed by atoms with Gasteiger partial charge in [0.25, 0.3) is 0 Å². The van der Waals surface area contributed by atoms with Crippen LogP contribution in [0.5, 0.6) is 17.2 Å². The van der Waals surface area contributed by atoms with E-state index in [1.165, 1.54) is 54.0 Å². The molecule has 6 aliphatic rings. The molecule has 23 atom stereocenters. The highest BCUT2D eigenvalue weighted by Crippen LogP contribution is 2.48. The summed E-state index contributed by atoms with van der Waals surface area (Å²) >= 11 is 0. The zero-order valence-electron chi connectivity index (χ0n) is 46.1. The van der Waals surface area contributed by atoms with E-state index in [0.29, 0.717) is 0 Å². The number of carboxylic acids is 1. The zero-order valence-corrected chi connectivity index (χ0v) is 46.1. The summed E-state index contributed by atoms with van der Waals surface area (Å²) in [7, 11) is 2.64. The normalized spacial score (nSPS) is 40.3. The number of aliphatic hydroxyl groups excluding tert-OH is 3. The number of phenols is 2. The Morgan fingerprint density at radius 1 is 0.684 bits per heavy atom.